The summed E-state index contributed by atoms with van der Waals surface area (Å²) in [6, 6.07) is 14.7. The lowest BCUT2D eigenvalue weighted by Crippen LogP contribution is -2.28. The summed E-state index contributed by atoms with van der Waals surface area (Å²) < 4.78 is 10.4. The molecule has 0 heterocycles. The highest BCUT2D eigenvalue weighted by molar-refractivity contribution is 5.89. The van der Waals surface area contributed by atoms with Crippen molar-refractivity contribution in [1.82, 2.24) is 5.32 Å². The molecular weight excluding hydrogens is 330 g/mol. The maximum absolute atomic E-state index is 12.1. The zero-order valence-electron chi connectivity index (χ0n) is 15.5. The zero-order chi connectivity index (χ0) is 18.9. The first-order chi connectivity index (χ1) is 12.5. The standard InChI is InChI=1S/C21H25NO4/c1-4-15(2)18-7-5-6-8-19(18)26-14-20(23)22-13-16-9-11-17(12-10-16)21(24)25-3/h5-12,15H,4,13-14H2,1-3H3,(H,22,23). The summed E-state index contributed by atoms with van der Waals surface area (Å²) in [4.78, 5) is 23.5. The van der Waals surface area contributed by atoms with Crippen LogP contribution < -0.4 is 10.1 Å². The van der Waals surface area contributed by atoms with Gasteiger partial charge in [0.25, 0.3) is 5.91 Å². The minimum atomic E-state index is -0.381. The molecule has 2 rings (SSSR count). The van der Waals surface area contributed by atoms with Crippen molar-refractivity contribution in [3.8, 4) is 5.75 Å². The number of amides is 1. The van der Waals surface area contributed by atoms with E-state index in [2.05, 4.69) is 23.9 Å². The smallest absolute Gasteiger partial charge is 0.337 e. The Bertz CT molecular complexity index is 740. The summed E-state index contributed by atoms with van der Waals surface area (Å²) in [5.74, 6) is 0.553. The van der Waals surface area contributed by atoms with Crippen molar-refractivity contribution < 1.29 is 19.1 Å². The third-order valence-corrected chi connectivity index (χ3v) is 4.29. The number of hydrogen-bond acceptors (Lipinski definition) is 4. The second-order valence-electron chi connectivity index (χ2n) is 6.10. The fourth-order valence-electron chi connectivity index (χ4n) is 2.51. The van der Waals surface area contributed by atoms with Crippen LogP contribution in [0.25, 0.3) is 0 Å². The van der Waals surface area contributed by atoms with Gasteiger partial charge in [0, 0.05) is 6.54 Å². The monoisotopic (exact) mass is 355 g/mol. The minimum Gasteiger partial charge on any atom is -0.483 e. The second kappa shape index (κ2) is 9.61. The number of carbonyl (C=O) groups is 2. The van der Waals surface area contributed by atoms with Gasteiger partial charge in [-0.2, -0.15) is 0 Å². The maximum atomic E-state index is 12.1. The molecule has 5 heteroatoms. The summed E-state index contributed by atoms with van der Waals surface area (Å²) in [7, 11) is 1.34. The number of methoxy groups -OCH3 is 1. The van der Waals surface area contributed by atoms with Crippen LogP contribution in [0, 0.1) is 0 Å². The minimum absolute atomic E-state index is 0.0340. The van der Waals surface area contributed by atoms with Crippen LogP contribution >= 0.6 is 0 Å². The molecule has 2 aromatic rings. The van der Waals surface area contributed by atoms with Crippen molar-refractivity contribution in [2.75, 3.05) is 13.7 Å². The van der Waals surface area contributed by atoms with Gasteiger partial charge in [0.15, 0.2) is 6.61 Å². The Hall–Kier alpha value is -2.82. The van der Waals surface area contributed by atoms with Gasteiger partial charge in [0.2, 0.25) is 0 Å². The van der Waals surface area contributed by atoms with Crippen LogP contribution in [-0.2, 0) is 16.1 Å². The van der Waals surface area contributed by atoms with Crippen molar-refractivity contribution in [2.45, 2.75) is 32.7 Å². The summed E-state index contributed by atoms with van der Waals surface area (Å²) >= 11 is 0. The van der Waals surface area contributed by atoms with E-state index in [9.17, 15) is 9.59 Å². The van der Waals surface area contributed by atoms with Gasteiger partial charge in [-0.25, -0.2) is 4.79 Å². The number of para-hydroxylation sites is 1. The molecule has 26 heavy (non-hydrogen) atoms. The Kier molecular flexibility index (Phi) is 7.21. The average molecular weight is 355 g/mol. The molecule has 0 aliphatic carbocycles. The van der Waals surface area contributed by atoms with E-state index in [0.29, 0.717) is 18.0 Å². The molecule has 1 N–H and O–H groups in total. The van der Waals surface area contributed by atoms with E-state index in [1.807, 2.05) is 24.3 Å². The molecule has 0 fully saturated rings. The SMILES string of the molecule is CCC(C)c1ccccc1OCC(=O)NCc1ccc(C(=O)OC)cc1. The lowest BCUT2D eigenvalue weighted by Gasteiger charge is -2.15. The van der Waals surface area contributed by atoms with Gasteiger partial charge in [-0.05, 0) is 41.7 Å². The van der Waals surface area contributed by atoms with E-state index in [4.69, 9.17) is 4.74 Å². The average Bonchev–Trinajstić information content (AvgIpc) is 2.70. The fourth-order valence-corrected chi connectivity index (χ4v) is 2.51. The molecule has 0 radical (unpaired) electrons. The molecule has 0 saturated carbocycles. The molecule has 0 aliphatic heterocycles. The van der Waals surface area contributed by atoms with Crippen LogP contribution in [0.4, 0.5) is 0 Å². The van der Waals surface area contributed by atoms with E-state index in [1.54, 1.807) is 24.3 Å². The molecule has 0 spiro atoms. The van der Waals surface area contributed by atoms with Crippen LogP contribution in [-0.4, -0.2) is 25.6 Å². The first-order valence-electron chi connectivity index (χ1n) is 8.70. The van der Waals surface area contributed by atoms with E-state index in [-0.39, 0.29) is 18.5 Å². The predicted octanol–water partition coefficient (Wildman–Crippen LogP) is 3.68. The van der Waals surface area contributed by atoms with E-state index < -0.39 is 0 Å². The highest BCUT2D eigenvalue weighted by Crippen LogP contribution is 2.28. The van der Waals surface area contributed by atoms with Gasteiger partial charge in [-0.3, -0.25) is 4.79 Å². The molecule has 1 unspecified atom stereocenters. The topological polar surface area (TPSA) is 64.6 Å². The third-order valence-electron chi connectivity index (χ3n) is 4.29. The number of ether oxygens (including phenoxy) is 2. The number of hydrogen-bond donors (Lipinski definition) is 1. The molecule has 1 amide bonds. The highest BCUT2D eigenvalue weighted by Gasteiger charge is 2.11. The van der Waals surface area contributed by atoms with Crippen molar-refractivity contribution >= 4 is 11.9 Å². The lowest BCUT2D eigenvalue weighted by atomic mass is 9.98. The Morgan fingerprint density at radius 3 is 2.42 bits per heavy atom. The van der Waals surface area contributed by atoms with Crippen LogP contribution in [0.5, 0.6) is 5.75 Å². The van der Waals surface area contributed by atoms with Crippen LogP contribution in [0.1, 0.15) is 47.7 Å². The van der Waals surface area contributed by atoms with Gasteiger partial charge in [-0.15, -0.1) is 0 Å². The van der Waals surface area contributed by atoms with Gasteiger partial charge in [-0.1, -0.05) is 44.2 Å². The Morgan fingerprint density at radius 1 is 1.08 bits per heavy atom. The van der Waals surface area contributed by atoms with E-state index in [0.717, 1.165) is 23.3 Å². The highest BCUT2D eigenvalue weighted by atomic mass is 16.5. The first-order valence-corrected chi connectivity index (χ1v) is 8.70. The summed E-state index contributed by atoms with van der Waals surface area (Å²) in [5.41, 5.74) is 2.49. The number of carbonyl (C=O) groups excluding carboxylic acids is 2. The molecule has 0 aliphatic rings. The molecule has 0 aromatic heterocycles. The lowest BCUT2D eigenvalue weighted by molar-refractivity contribution is -0.123. The van der Waals surface area contributed by atoms with Gasteiger partial charge < -0.3 is 14.8 Å². The predicted molar refractivity (Wildman–Crippen MR) is 100 cm³/mol. The van der Waals surface area contributed by atoms with Gasteiger partial charge >= 0.3 is 5.97 Å². The summed E-state index contributed by atoms with van der Waals surface area (Å²) in [6.45, 7) is 4.60. The van der Waals surface area contributed by atoms with E-state index in [1.165, 1.54) is 7.11 Å². The molecule has 1 atom stereocenters. The number of esters is 1. The normalized spacial score (nSPS) is 11.5. The molecule has 2 aromatic carbocycles. The molecule has 138 valence electrons. The third kappa shape index (κ3) is 5.34. The maximum Gasteiger partial charge on any atom is 0.337 e. The van der Waals surface area contributed by atoms with Crippen molar-refractivity contribution in [3.05, 3.63) is 65.2 Å². The quantitative estimate of drug-likeness (QED) is 0.734. The number of nitrogens with one attached hydrogen (secondary N) is 1. The van der Waals surface area contributed by atoms with Gasteiger partial charge in [0.05, 0.1) is 12.7 Å². The van der Waals surface area contributed by atoms with E-state index >= 15 is 0 Å². The summed E-state index contributed by atoms with van der Waals surface area (Å²) in [5, 5.41) is 2.81. The van der Waals surface area contributed by atoms with Crippen LogP contribution in [0.2, 0.25) is 0 Å². The zero-order valence-corrected chi connectivity index (χ0v) is 15.5. The summed E-state index contributed by atoms with van der Waals surface area (Å²) in [6.07, 6.45) is 1.01. The Balaban J connectivity index is 1.85. The second-order valence-corrected chi connectivity index (χ2v) is 6.10. The van der Waals surface area contributed by atoms with Crippen molar-refractivity contribution in [2.24, 2.45) is 0 Å². The Labute approximate surface area is 154 Å². The van der Waals surface area contributed by atoms with Gasteiger partial charge in [0.1, 0.15) is 5.75 Å². The van der Waals surface area contributed by atoms with Crippen molar-refractivity contribution in [1.29, 1.82) is 0 Å². The first kappa shape index (κ1) is 19.5. The molecular formula is C21H25NO4. The largest absolute Gasteiger partial charge is 0.483 e. The number of benzene rings is 2. The van der Waals surface area contributed by atoms with Crippen LogP contribution in [0.3, 0.4) is 0 Å². The fraction of sp³-hybridized carbons (Fsp3) is 0.333. The molecule has 5 nitrogen and oxygen atoms in total. The van der Waals surface area contributed by atoms with Crippen LogP contribution in [0.15, 0.2) is 48.5 Å². The van der Waals surface area contributed by atoms with Crippen molar-refractivity contribution in [3.63, 3.8) is 0 Å². The number of rotatable bonds is 8. The Morgan fingerprint density at radius 2 is 1.77 bits per heavy atom. The molecule has 0 bridgehead atoms. The molecule has 0 saturated heterocycles.